The number of benzene rings is 2. The van der Waals surface area contributed by atoms with Gasteiger partial charge in [-0.2, -0.15) is 0 Å². The van der Waals surface area contributed by atoms with Crippen molar-refractivity contribution in [1.29, 1.82) is 0 Å². The van der Waals surface area contributed by atoms with Gasteiger partial charge in [0, 0.05) is 24.5 Å². The molecule has 2 aromatic carbocycles. The molecule has 2 heterocycles. The molecular weight excluding hydrogens is 269 g/mol. The van der Waals surface area contributed by atoms with Crippen molar-refractivity contribution < 1.29 is 4.57 Å². The summed E-state index contributed by atoms with van der Waals surface area (Å²) in [7, 11) is -2.92. The van der Waals surface area contributed by atoms with Gasteiger partial charge < -0.3 is 0 Å². The Morgan fingerprint density at radius 2 is 1.95 bits per heavy atom. The number of nitrogens with two attached hydrogens (primary N) is 1. The van der Waals surface area contributed by atoms with Gasteiger partial charge in [-0.3, -0.25) is 14.7 Å². The van der Waals surface area contributed by atoms with Gasteiger partial charge in [-0.15, -0.1) is 0 Å². The van der Waals surface area contributed by atoms with Crippen LogP contribution in [0.1, 0.15) is 12.8 Å². The monoisotopic (exact) mass is 287 g/mol. The molecule has 2 aliphatic heterocycles. The summed E-state index contributed by atoms with van der Waals surface area (Å²) in [5.74, 6) is 0. The molecule has 2 saturated heterocycles. The molecule has 5 heteroatoms. The average molecular weight is 287 g/mol. The third kappa shape index (κ3) is 1.65. The second kappa shape index (κ2) is 4.32. The summed E-state index contributed by atoms with van der Waals surface area (Å²) in [6.07, 6.45) is 2.21. The Labute approximate surface area is 118 Å². The minimum atomic E-state index is -2.92. The van der Waals surface area contributed by atoms with Crippen LogP contribution in [-0.2, 0) is 4.57 Å². The third-order valence-electron chi connectivity index (χ3n) is 4.49. The maximum atomic E-state index is 13.0. The number of nitrogens with zero attached hydrogens (tertiary/aromatic N) is 2. The van der Waals surface area contributed by atoms with E-state index in [1.54, 1.807) is 0 Å². The first-order chi connectivity index (χ1) is 9.68. The van der Waals surface area contributed by atoms with Crippen molar-refractivity contribution >= 4 is 24.1 Å². The van der Waals surface area contributed by atoms with Crippen LogP contribution in [0.3, 0.4) is 0 Å². The Morgan fingerprint density at radius 1 is 1.15 bits per heavy atom. The highest BCUT2D eigenvalue weighted by Gasteiger charge is 2.48. The van der Waals surface area contributed by atoms with Crippen LogP contribution in [0.4, 0.5) is 5.69 Å². The number of rotatable bonds is 1. The van der Waals surface area contributed by atoms with E-state index in [2.05, 4.69) is 18.2 Å². The molecule has 2 aromatic rings. The van der Waals surface area contributed by atoms with Gasteiger partial charge in [0.2, 0.25) is 0 Å². The lowest BCUT2D eigenvalue weighted by Gasteiger charge is -2.27. The molecule has 0 aliphatic carbocycles. The van der Waals surface area contributed by atoms with E-state index >= 15 is 0 Å². The maximum Gasteiger partial charge on any atom is 0.306 e. The zero-order chi connectivity index (χ0) is 13.7. The van der Waals surface area contributed by atoms with Gasteiger partial charge in [0.1, 0.15) is 0 Å². The van der Waals surface area contributed by atoms with Crippen molar-refractivity contribution in [2.75, 3.05) is 17.8 Å². The highest BCUT2D eigenvalue weighted by molar-refractivity contribution is 7.61. The summed E-state index contributed by atoms with van der Waals surface area (Å²) in [5, 5.41) is 2.29. The average Bonchev–Trinajstić information content (AvgIpc) is 3.01. The van der Waals surface area contributed by atoms with Crippen LogP contribution in [-0.4, -0.2) is 23.8 Å². The molecule has 0 saturated carbocycles. The van der Waals surface area contributed by atoms with E-state index in [9.17, 15) is 4.57 Å². The Hall–Kier alpha value is -1.35. The summed E-state index contributed by atoms with van der Waals surface area (Å²) in [4.78, 5) is 0. The van der Waals surface area contributed by atoms with Crippen molar-refractivity contribution in [1.82, 2.24) is 4.67 Å². The molecule has 4 rings (SSSR count). The zero-order valence-electron chi connectivity index (χ0n) is 11.3. The second-order valence-electron chi connectivity index (χ2n) is 5.63. The number of hydrogen-bond acceptors (Lipinski definition) is 1. The first-order valence-corrected chi connectivity index (χ1v) is 8.77. The molecule has 4 nitrogen and oxygen atoms in total. The van der Waals surface area contributed by atoms with E-state index in [-0.39, 0.29) is 0 Å². The van der Waals surface area contributed by atoms with E-state index in [1.165, 1.54) is 0 Å². The number of anilines is 1. The molecule has 20 heavy (non-hydrogen) atoms. The molecule has 2 N–H and O–H groups in total. The van der Waals surface area contributed by atoms with Gasteiger partial charge in [-0.05, 0) is 24.3 Å². The Bertz CT molecular complexity index is 712. The zero-order valence-corrected chi connectivity index (χ0v) is 12.2. The SMILES string of the molecule is N[P@]1(=O)N(c2cccc3ccccc23)C[C@@H]2CCCN21. The standard InChI is InChI=1S/C15H18N3OP/c16-20(19)17-10-4-7-13(17)11-18(20)15-9-3-6-12-5-1-2-8-14(12)15/h1-3,5-6,8-9,13H,4,7,10-11H2,(H2,16,19)/t13-,20+/m0/s1. The van der Waals surface area contributed by atoms with E-state index < -0.39 is 7.59 Å². The predicted molar refractivity (Wildman–Crippen MR) is 82.8 cm³/mol. The van der Waals surface area contributed by atoms with E-state index in [1.807, 2.05) is 33.6 Å². The van der Waals surface area contributed by atoms with Gasteiger partial charge in [-0.25, -0.2) is 4.67 Å². The van der Waals surface area contributed by atoms with E-state index in [0.717, 1.165) is 42.4 Å². The molecule has 0 amide bonds. The summed E-state index contributed by atoms with van der Waals surface area (Å²) < 4.78 is 17.0. The summed E-state index contributed by atoms with van der Waals surface area (Å²) in [5.41, 5.74) is 7.24. The maximum absolute atomic E-state index is 13.0. The van der Waals surface area contributed by atoms with Gasteiger partial charge >= 0.3 is 7.59 Å². The predicted octanol–water partition coefficient (Wildman–Crippen LogP) is 3.19. The lowest BCUT2D eigenvalue weighted by atomic mass is 10.1. The lowest BCUT2D eigenvalue weighted by Crippen LogP contribution is -2.24. The molecule has 0 spiro atoms. The van der Waals surface area contributed by atoms with Crippen LogP contribution < -0.4 is 10.2 Å². The minimum absolute atomic E-state index is 0.352. The molecule has 2 atom stereocenters. The Kier molecular flexibility index (Phi) is 2.68. The fraction of sp³-hybridized carbons (Fsp3) is 0.333. The highest BCUT2D eigenvalue weighted by Crippen LogP contribution is 2.57. The molecular formula is C15H18N3OP. The quantitative estimate of drug-likeness (QED) is 0.818. The van der Waals surface area contributed by atoms with Gasteiger partial charge in [0.25, 0.3) is 0 Å². The summed E-state index contributed by atoms with van der Waals surface area (Å²) in [6, 6.07) is 14.7. The van der Waals surface area contributed by atoms with Crippen LogP contribution in [0, 0.1) is 0 Å². The van der Waals surface area contributed by atoms with Crippen LogP contribution in [0.5, 0.6) is 0 Å². The van der Waals surface area contributed by atoms with E-state index in [0.29, 0.717) is 6.04 Å². The summed E-state index contributed by atoms with van der Waals surface area (Å²) >= 11 is 0. The van der Waals surface area contributed by atoms with Crippen LogP contribution in [0.15, 0.2) is 42.5 Å². The van der Waals surface area contributed by atoms with Crippen molar-refractivity contribution in [3.05, 3.63) is 42.5 Å². The van der Waals surface area contributed by atoms with Gasteiger partial charge in [0.15, 0.2) is 0 Å². The van der Waals surface area contributed by atoms with Crippen molar-refractivity contribution in [2.24, 2.45) is 5.50 Å². The second-order valence-corrected chi connectivity index (χ2v) is 7.80. The van der Waals surface area contributed by atoms with Crippen molar-refractivity contribution in [3.63, 3.8) is 0 Å². The molecule has 0 unspecified atom stereocenters. The Morgan fingerprint density at radius 3 is 2.80 bits per heavy atom. The van der Waals surface area contributed by atoms with Crippen molar-refractivity contribution in [2.45, 2.75) is 18.9 Å². The van der Waals surface area contributed by atoms with Gasteiger partial charge in [-0.1, -0.05) is 36.4 Å². The Balaban J connectivity index is 1.86. The first kappa shape index (κ1) is 12.4. The minimum Gasteiger partial charge on any atom is -0.297 e. The number of hydrogen-bond donors (Lipinski definition) is 1. The first-order valence-electron chi connectivity index (χ1n) is 7.09. The molecule has 0 radical (unpaired) electrons. The largest absolute Gasteiger partial charge is 0.306 e. The van der Waals surface area contributed by atoms with Crippen LogP contribution >= 0.6 is 7.59 Å². The smallest absolute Gasteiger partial charge is 0.297 e. The normalized spacial score (nSPS) is 30.1. The lowest BCUT2D eigenvalue weighted by molar-refractivity contribution is 0.431. The molecule has 104 valence electrons. The molecule has 2 fully saturated rings. The molecule has 0 aromatic heterocycles. The molecule has 0 bridgehead atoms. The number of fused-ring (bicyclic) bond motifs is 2. The summed E-state index contributed by atoms with van der Waals surface area (Å²) in [6.45, 7) is 1.64. The molecule has 2 aliphatic rings. The fourth-order valence-corrected chi connectivity index (χ4v) is 5.79. The van der Waals surface area contributed by atoms with Crippen molar-refractivity contribution in [3.8, 4) is 0 Å². The van der Waals surface area contributed by atoms with Gasteiger partial charge in [0.05, 0.1) is 5.69 Å². The van der Waals surface area contributed by atoms with Crippen LogP contribution in [0.25, 0.3) is 10.8 Å². The van der Waals surface area contributed by atoms with Crippen LogP contribution in [0.2, 0.25) is 0 Å². The topological polar surface area (TPSA) is 49.6 Å². The third-order valence-corrected chi connectivity index (χ3v) is 6.82. The fourth-order valence-electron chi connectivity index (χ4n) is 3.52. The van der Waals surface area contributed by atoms with E-state index in [4.69, 9.17) is 5.50 Å². The highest BCUT2D eigenvalue weighted by atomic mass is 31.2.